The normalized spacial score (nSPS) is 11.1. The molecule has 1 amide bonds. The summed E-state index contributed by atoms with van der Waals surface area (Å²) in [6.45, 7) is -1.41. The van der Waals surface area contributed by atoms with Crippen LogP contribution in [0.2, 0.25) is 0 Å². The number of aromatic nitrogens is 2. The molecule has 0 saturated heterocycles. The van der Waals surface area contributed by atoms with Crippen molar-refractivity contribution in [1.29, 1.82) is 0 Å². The van der Waals surface area contributed by atoms with Gasteiger partial charge in [-0.2, -0.15) is 13.9 Å². The highest BCUT2D eigenvalue weighted by Gasteiger charge is 2.08. The van der Waals surface area contributed by atoms with Crippen LogP contribution in [0.1, 0.15) is 11.1 Å². The number of hydrogen-bond acceptors (Lipinski definition) is 4. The van der Waals surface area contributed by atoms with E-state index in [1.54, 1.807) is 23.0 Å². The van der Waals surface area contributed by atoms with Crippen molar-refractivity contribution in [2.24, 2.45) is 7.05 Å². The fraction of sp³-hybridized carbons (Fsp3) is 0.412. The number of benzene rings is 1. The van der Waals surface area contributed by atoms with Crippen LogP contribution in [0.25, 0.3) is 0 Å². The van der Waals surface area contributed by atoms with E-state index in [1.165, 1.54) is 12.1 Å². The molecule has 0 radical (unpaired) electrons. The Hall–Kier alpha value is -2.48. The summed E-state index contributed by atoms with van der Waals surface area (Å²) in [5, 5.41) is 6.94. The number of nitrogens with zero attached hydrogens (tertiary/aromatic N) is 3. The van der Waals surface area contributed by atoms with Gasteiger partial charge in [0.1, 0.15) is 5.75 Å². The number of nitrogens with one attached hydrogen (secondary N) is 1. The minimum atomic E-state index is -2.83. The quantitative estimate of drug-likeness (QED) is 0.748. The maximum Gasteiger partial charge on any atom is 0.387 e. The second-order valence-corrected chi connectivity index (χ2v) is 5.82. The van der Waals surface area contributed by atoms with Crippen LogP contribution in [0.15, 0.2) is 36.7 Å². The van der Waals surface area contributed by atoms with E-state index in [-0.39, 0.29) is 18.2 Å². The number of aryl methyl sites for hydroxylation is 1. The Morgan fingerprint density at radius 1 is 1.32 bits per heavy atom. The fourth-order valence-electron chi connectivity index (χ4n) is 2.41. The molecule has 0 fully saturated rings. The van der Waals surface area contributed by atoms with E-state index in [1.807, 2.05) is 25.2 Å². The van der Waals surface area contributed by atoms with Gasteiger partial charge < -0.3 is 10.1 Å². The van der Waals surface area contributed by atoms with Crippen LogP contribution in [0, 0.1) is 0 Å². The third kappa shape index (κ3) is 6.88. The summed E-state index contributed by atoms with van der Waals surface area (Å²) in [6, 6.07) is 6.40. The second-order valence-electron chi connectivity index (χ2n) is 5.82. The standard InChI is InChI=1S/C17H22F2N4O2/c1-22(10-14-9-21-23(2)11-14)12-16(24)20-8-7-13-3-5-15(6-4-13)25-17(18)19/h3-6,9,11,17H,7-8,10,12H2,1-2H3,(H,20,24). The molecule has 2 rings (SSSR count). The Labute approximate surface area is 145 Å². The van der Waals surface area contributed by atoms with E-state index in [2.05, 4.69) is 15.2 Å². The molecule has 0 aliphatic rings. The van der Waals surface area contributed by atoms with Crippen molar-refractivity contribution in [3.8, 4) is 5.75 Å². The maximum absolute atomic E-state index is 12.1. The van der Waals surface area contributed by atoms with Gasteiger partial charge in [-0.15, -0.1) is 0 Å². The van der Waals surface area contributed by atoms with Gasteiger partial charge in [0, 0.05) is 31.9 Å². The molecule has 1 aromatic heterocycles. The van der Waals surface area contributed by atoms with E-state index in [9.17, 15) is 13.6 Å². The van der Waals surface area contributed by atoms with Crippen molar-refractivity contribution in [3.05, 3.63) is 47.8 Å². The minimum absolute atomic E-state index is 0.0657. The van der Waals surface area contributed by atoms with Crippen LogP contribution in [0.5, 0.6) is 5.75 Å². The lowest BCUT2D eigenvalue weighted by molar-refractivity contribution is -0.122. The zero-order valence-electron chi connectivity index (χ0n) is 14.3. The molecule has 1 aromatic carbocycles. The van der Waals surface area contributed by atoms with Gasteiger partial charge in [0.15, 0.2) is 0 Å². The molecule has 2 aromatic rings. The van der Waals surface area contributed by atoms with Crippen molar-refractivity contribution in [2.45, 2.75) is 19.6 Å². The molecule has 1 heterocycles. The molecular weight excluding hydrogens is 330 g/mol. The maximum atomic E-state index is 12.1. The molecule has 6 nitrogen and oxygen atoms in total. The third-order valence-corrected chi connectivity index (χ3v) is 3.51. The van der Waals surface area contributed by atoms with E-state index in [0.717, 1.165) is 11.1 Å². The number of carbonyl (C=O) groups excluding carboxylic acids is 1. The fourth-order valence-corrected chi connectivity index (χ4v) is 2.41. The number of hydrogen-bond donors (Lipinski definition) is 1. The summed E-state index contributed by atoms with van der Waals surface area (Å²) in [5.74, 6) is 0.0591. The number of alkyl halides is 2. The molecule has 1 N–H and O–H groups in total. The van der Waals surface area contributed by atoms with Gasteiger partial charge in [0.25, 0.3) is 0 Å². The van der Waals surface area contributed by atoms with Crippen LogP contribution >= 0.6 is 0 Å². The van der Waals surface area contributed by atoms with E-state index in [0.29, 0.717) is 19.5 Å². The summed E-state index contributed by atoms with van der Waals surface area (Å²) in [4.78, 5) is 13.8. The predicted octanol–water partition coefficient (Wildman–Crippen LogP) is 1.81. The van der Waals surface area contributed by atoms with Crippen molar-refractivity contribution >= 4 is 5.91 Å². The monoisotopic (exact) mass is 352 g/mol. The summed E-state index contributed by atoms with van der Waals surface area (Å²) >= 11 is 0. The highest BCUT2D eigenvalue weighted by Crippen LogP contribution is 2.14. The highest BCUT2D eigenvalue weighted by atomic mass is 19.3. The summed E-state index contributed by atoms with van der Waals surface area (Å²) in [7, 11) is 3.72. The number of rotatable bonds is 9. The lowest BCUT2D eigenvalue weighted by Crippen LogP contribution is -2.35. The number of halogens is 2. The first kappa shape index (κ1) is 18.9. The van der Waals surface area contributed by atoms with Crippen molar-refractivity contribution in [3.63, 3.8) is 0 Å². The van der Waals surface area contributed by atoms with Gasteiger partial charge in [0.2, 0.25) is 5.91 Å². The summed E-state index contributed by atoms with van der Waals surface area (Å²) in [6.07, 6.45) is 4.30. The number of amides is 1. The van der Waals surface area contributed by atoms with Gasteiger partial charge in [0.05, 0.1) is 12.7 Å². The first-order chi connectivity index (χ1) is 11.9. The molecule has 0 aliphatic carbocycles. The van der Waals surface area contributed by atoms with Crippen LogP contribution in [0.4, 0.5) is 8.78 Å². The Bertz CT molecular complexity index is 674. The number of carbonyl (C=O) groups is 1. The zero-order valence-corrected chi connectivity index (χ0v) is 14.3. The first-order valence-electron chi connectivity index (χ1n) is 7.89. The van der Waals surface area contributed by atoms with E-state index < -0.39 is 6.61 Å². The molecule has 0 bridgehead atoms. The van der Waals surface area contributed by atoms with Crippen molar-refractivity contribution < 1.29 is 18.3 Å². The molecule has 8 heteroatoms. The summed E-state index contributed by atoms with van der Waals surface area (Å²) in [5.41, 5.74) is 1.98. The van der Waals surface area contributed by atoms with Gasteiger partial charge in [-0.25, -0.2) is 0 Å². The topological polar surface area (TPSA) is 59.4 Å². The minimum Gasteiger partial charge on any atom is -0.435 e. The zero-order chi connectivity index (χ0) is 18.2. The van der Waals surface area contributed by atoms with E-state index in [4.69, 9.17) is 0 Å². The Balaban J connectivity index is 1.67. The smallest absolute Gasteiger partial charge is 0.387 e. The summed E-state index contributed by atoms with van der Waals surface area (Å²) < 4.78 is 30.2. The molecule has 136 valence electrons. The van der Waals surface area contributed by atoms with Gasteiger partial charge in [-0.3, -0.25) is 14.4 Å². The first-order valence-corrected chi connectivity index (χ1v) is 7.89. The number of likely N-dealkylation sites (N-methyl/N-ethyl adjacent to an activating group) is 1. The highest BCUT2D eigenvalue weighted by molar-refractivity contribution is 5.77. The van der Waals surface area contributed by atoms with Crippen LogP contribution in [0.3, 0.4) is 0 Å². The van der Waals surface area contributed by atoms with Gasteiger partial charge >= 0.3 is 6.61 Å². The van der Waals surface area contributed by atoms with Crippen LogP contribution in [-0.4, -0.2) is 47.3 Å². The molecule has 0 aliphatic heterocycles. The lowest BCUT2D eigenvalue weighted by atomic mass is 10.1. The predicted molar refractivity (Wildman–Crippen MR) is 89.3 cm³/mol. The Morgan fingerprint density at radius 3 is 2.64 bits per heavy atom. The van der Waals surface area contributed by atoms with Crippen molar-refractivity contribution in [2.75, 3.05) is 20.1 Å². The van der Waals surface area contributed by atoms with Crippen LogP contribution in [-0.2, 0) is 24.8 Å². The molecule has 0 spiro atoms. The average molecular weight is 352 g/mol. The molecule has 25 heavy (non-hydrogen) atoms. The van der Waals surface area contributed by atoms with Crippen LogP contribution < -0.4 is 10.1 Å². The van der Waals surface area contributed by atoms with Crippen molar-refractivity contribution in [1.82, 2.24) is 20.0 Å². The number of ether oxygens (including phenoxy) is 1. The molecule has 0 atom stereocenters. The largest absolute Gasteiger partial charge is 0.435 e. The van der Waals surface area contributed by atoms with E-state index >= 15 is 0 Å². The third-order valence-electron chi connectivity index (χ3n) is 3.51. The van der Waals surface area contributed by atoms with Gasteiger partial charge in [-0.1, -0.05) is 12.1 Å². The van der Waals surface area contributed by atoms with Gasteiger partial charge in [-0.05, 0) is 31.2 Å². The Kier molecular flexibility index (Phi) is 6.88. The average Bonchev–Trinajstić information content (AvgIpc) is 2.93. The molecule has 0 unspecified atom stereocenters. The Morgan fingerprint density at radius 2 is 2.04 bits per heavy atom. The second kappa shape index (κ2) is 9.12. The lowest BCUT2D eigenvalue weighted by Gasteiger charge is -2.15. The SMILES string of the molecule is CN(CC(=O)NCCc1ccc(OC(F)F)cc1)Cc1cnn(C)c1. The molecular formula is C17H22F2N4O2. The molecule has 0 saturated carbocycles.